The van der Waals surface area contributed by atoms with E-state index in [1.54, 1.807) is 0 Å². The van der Waals surface area contributed by atoms with E-state index in [1.807, 2.05) is 12.2 Å². The van der Waals surface area contributed by atoms with Crippen molar-refractivity contribution in [3.05, 3.63) is 24.3 Å². The molecule has 1 heteroatoms. The molecule has 1 nitrogen and oxygen atoms in total. The third kappa shape index (κ3) is 2.08. The minimum absolute atomic E-state index is 0.415. The molecule has 10 heavy (non-hydrogen) atoms. The van der Waals surface area contributed by atoms with E-state index in [-0.39, 0.29) is 0 Å². The summed E-state index contributed by atoms with van der Waals surface area (Å²) in [6.45, 7) is 1.12. The van der Waals surface area contributed by atoms with Gasteiger partial charge in [-0.15, -0.1) is 6.42 Å². The molecule has 0 saturated carbocycles. The summed E-state index contributed by atoms with van der Waals surface area (Å²) in [5.41, 5.74) is 0. The highest BCUT2D eigenvalue weighted by atomic mass is 16.5. The summed E-state index contributed by atoms with van der Waals surface area (Å²) in [5.74, 6) is 2.86. The lowest BCUT2D eigenvalue weighted by Gasteiger charge is -2.02. The maximum atomic E-state index is 5.13. The number of allylic oxidation sites excluding steroid dienone is 2. The van der Waals surface area contributed by atoms with Crippen LogP contribution < -0.4 is 0 Å². The second-order valence-electron chi connectivity index (χ2n) is 2.15. The van der Waals surface area contributed by atoms with Gasteiger partial charge in [0.05, 0.1) is 6.61 Å². The summed E-state index contributed by atoms with van der Waals surface area (Å²) in [6, 6.07) is 0. The standard InChI is InChI=1S/C9H10O/c1-2-7-10-8-9-5-3-4-6-9/h1,3-6,9H,7-8H2. The largest absolute Gasteiger partial charge is 0.368 e. The van der Waals surface area contributed by atoms with Gasteiger partial charge in [-0.1, -0.05) is 30.2 Å². The number of rotatable bonds is 3. The zero-order valence-corrected chi connectivity index (χ0v) is 5.79. The van der Waals surface area contributed by atoms with Gasteiger partial charge in [-0.3, -0.25) is 0 Å². The first kappa shape index (κ1) is 7.11. The van der Waals surface area contributed by atoms with Crippen molar-refractivity contribution in [2.24, 2.45) is 5.92 Å². The summed E-state index contributed by atoms with van der Waals surface area (Å²) in [4.78, 5) is 0. The van der Waals surface area contributed by atoms with Crippen molar-refractivity contribution < 1.29 is 4.74 Å². The fourth-order valence-corrected chi connectivity index (χ4v) is 0.843. The van der Waals surface area contributed by atoms with E-state index in [0.29, 0.717) is 19.1 Å². The monoisotopic (exact) mass is 134 g/mol. The molecule has 0 saturated heterocycles. The third-order valence-corrected chi connectivity index (χ3v) is 1.32. The van der Waals surface area contributed by atoms with E-state index in [1.165, 1.54) is 0 Å². The zero-order valence-electron chi connectivity index (χ0n) is 5.79. The predicted octanol–water partition coefficient (Wildman–Crippen LogP) is 1.38. The Morgan fingerprint density at radius 3 is 2.70 bits per heavy atom. The highest BCUT2D eigenvalue weighted by Crippen LogP contribution is 2.08. The van der Waals surface area contributed by atoms with Gasteiger partial charge in [0, 0.05) is 5.92 Å². The summed E-state index contributed by atoms with van der Waals surface area (Å²) in [6.07, 6.45) is 13.2. The lowest BCUT2D eigenvalue weighted by atomic mass is 10.2. The molecular formula is C9H10O. The molecular weight excluding hydrogens is 124 g/mol. The van der Waals surface area contributed by atoms with Crippen molar-refractivity contribution in [1.82, 2.24) is 0 Å². The normalized spacial score (nSPS) is 15.9. The minimum Gasteiger partial charge on any atom is -0.368 e. The van der Waals surface area contributed by atoms with E-state index in [4.69, 9.17) is 11.2 Å². The van der Waals surface area contributed by atoms with Gasteiger partial charge in [0.25, 0.3) is 0 Å². The van der Waals surface area contributed by atoms with E-state index < -0.39 is 0 Å². The molecule has 0 unspecified atom stereocenters. The summed E-state index contributed by atoms with van der Waals surface area (Å²) < 4.78 is 5.13. The number of hydrogen-bond donors (Lipinski definition) is 0. The van der Waals surface area contributed by atoms with Crippen molar-refractivity contribution in [3.63, 3.8) is 0 Å². The first-order chi connectivity index (χ1) is 4.93. The second kappa shape index (κ2) is 3.92. The molecule has 0 aromatic carbocycles. The average molecular weight is 134 g/mol. The molecule has 0 radical (unpaired) electrons. The van der Waals surface area contributed by atoms with Crippen LogP contribution in [0.2, 0.25) is 0 Å². The maximum absolute atomic E-state index is 5.13. The van der Waals surface area contributed by atoms with Crippen LogP contribution in [0.25, 0.3) is 0 Å². The van der Waals surface area contributed by atoms with Gasteiger partial charge in [0.2, 0.25) is 0 Å². The van der Waals surface area contributed by atoms with Gasteiger partial charge < -0.3 is 4.74 Å². The van der Waals surface area contributed by atoms with Crippen LogP contribution in [0.1, 0.15) is 0 Å². The molecule has 0 aromatic rings. The van der Waals surface area contributed by atoms with Gasteiger partial charge in [0.15, 0.2) is 0 Å². The van der Waals surface area contributed by atoms with Gasteiger partial charge in [-0.2, -0.15) is 0 Å². The van der Waals surface area contributed by atoms with Crippen LogP contribution in [0.4, 0.5) is 0 Å². The van der Waals surface area contributed by atoms with Gasteiger partial charge >= 0.3 is 0 Å². The molecule has 1 aliphatic rings. The highest BCUT2D eigenvalue weighted by molar-refractivity contribution is 5.17. The molecule has 1 rings (SSSR count). The van der Waals surface area contributed by atoms with Crippen LogP contribution in [-0.2, 0) is 4.74 Å². The van der Waals surface area contributed by atoms with Crippen LogP contribution in [0.15, 0.2) is 24.3 Å². The molecule has 0 heterocycles. The van der Waals surface area contributed by atoms with Gasteiger partial charge in [0.1, 0.15) is 6.61 Å². The fraction of sp³-hybridized carbons (Fsp3) is 0.333. The lowest BCUT2D eigenvalue weighted by molar-refractivity contribution is 0.155. The van der Waals surface area contributed by atoms with Crippen molar-refractivity contribution in [2.75, 3.05) is 13.2 Å². The maximum Gasteiger partial charge on any atom is 0.107 e. The Kier molecular flexibility index (Phi) is 2.79. The van der Waals surface area contributed by atoms with Gasteiger partial charge in [-0.25, -0.2) is 0 Å². The molecule has 0 spiro atoms. The smallest absolute Gasteiger partial charge is 0.107 e. The van der Waals surface area contributed by atoms with Crippen molar-refractivity contribution in [3.8, 4) is 12.3 Å². The third-order valence-electron chi connectivity index (χ3n) is 1.32. The molecule has 0 atom stereocenters. The van der Waals surface area contributed by atoms with Crippen molar-refractivity contribution >= 4 is 0 Å². The second-order valence-corrected chi connectivity index (χ2v) is 2.15. The molecule has 52 valence electrons. The average Bonchev–Trinajstić information content (AvgIpc) is 2.41. The van der Waals surface area contributed by atoms with E-state index in [0.717, 1.165) is 0 Å². The Labute approximate surface area is 61.4 Å². The van der Waals surface area contributed by atoms with Crippen LogP contribution in [0, 0.1) is 18.3 Å². The molecule has 0 fully saturated rings. The Morgan fingerprint density at radius 2 is 2.10 bits per heavy atom. The topological polar surface area (TPSA) is 9.23 Å². The predicted molar refractivity (Wildman–Crippen MR) is 41.4 cm³/mol. The Morgan fingerprint density at radius 1 is 1.40 bits per heavy atom. The van der Waals surface area contributed by atoms with Crippen LogP contribution >= 0.6 is 0 Å². The molecule has 0 amide bonds. The molecule has 0 aliphatic heterocycles. The van der Waals surface area contributed by atoms with Crippen LogP contribution in [0.3, 0.4) is 0 Å². The SMILES string of the molecule is C#CCOCC1C=CC=C1. The summed E-state index contributed by atoms with van der Waals surface area (Å²) in [5, 5.41) is 0. The number of ether oxygens (including phenoxy) is 1. The van der Waals surface area contributed by atoms with E-state index >= 15 is 0 Å². The first-order valence-corrected chi connectivity index (χ1v) is 3.29. The van der Waals surface area contributed by atoms with E-state index in [9.17, 15) is 0 Å². The van der Waals surface area contributed by atoms with Gasteiger partial charge in [-0.05, 0) is 0 Å². The Balaban J connectivity index is 2.10. The number of hydrogen-bond acceptors (Lipinski definition) is 1. The molecule has 0 aromatic heterocycles. The summed E-state index contributed by atoms with van der Waals surface area (Å²) >= 11 is 0. The van der Waals surface area contributed by atoms with E-state index in [2.05, 4.69) is 18.1 Å². The number of terminal acetylenes is 1. The fourth-order valence-electron chi connectivity index (χ4n) is 0.843. The minimum atomic E-state index is 0.415. The molecule has 0 bridgehead atoms. The first-order valence-electron chi connectivity index (χ1n) is 3.29. The quantitative estimate of drug-likeness (QED) is 0.418. The highest BCUT2D eigenvalue weighted by Gasteiger charge is 2.01. The van der Waals surface area contributed by atoms with Crippen LogP contribution in [-0.4, -0.2) is 13.2 Å². The molecule has 0 N–H and O–H groups in total. The Hall–Kier alpha value is -1.00. The van der Waals surface area contributed by atoms with Crippen molar-refractivity contribution in [1.29, 1.82) is 0 Å². The Bertz CT molecular complexity index is 171. The molecule has 1 aliphatic carbocycles. The van der Waals surface area contributed by atoms with Crippen LogP contribution in [0.5, 0.6) is 0 Å². The zero-order chi connectivity index (χ0) is 7.23. The van der Waals surface area contributed by atoms with Crippen molar-refractivity contribution in [2.45, 2.75) is 0 Å². The summed E-state index contributed by atoms with van der Waals surface area (Å²) in [7, 11) is 0. The lowest BCUT2D eigenvalue weighted by Crippen LogP contribution is -2.02.